The lowest BCUT2D eigenvalue weighted by Crippen LogP contribution is -2.43. The molecule has 1 aliphatic carbocycles. The number of hydrogen-bond donors (Lipinski definition) is 2. The Bertz CT molecular complexity index is 554. The average Bonchev–Trinajstić information content (AvgIpc) is 3.28. The highest BCUT2D eigenvalue weighted by atomic mass is 16.5. The van der Waals surface area contributed by atoms with Crippen molar-refractivity contribution in [1.82, 2.24) is 0 Å². The van der Waals surface area contributed by atoms with Gasteiger partial charge in [0.2, 0.25) is 0 Å². The van der Waals surface area contributed by atoms with Crippen molar-refractivity contribution in [2.75, 3.05) is 30.8 Å². The van der Waals surface area contributed by atoms with Gasteiger partial charge in [0.25, 0.3) is 0 Å². The van der Waals surface area contributed by atoms with Crippen LogP contribution in [0.1, 0.15) is 31.2 Å². The van der Waals surface area contributed by atoms with Gasteiger partial charge in [0.1, 0.15) is 0 Å². The molecule has 4 N–H and O–H groups in total. The third-order valence-corrected chi connectivity index (χ3v) is 4.72. The van der Waals surface area contributed by atoms with Gasteiger partial charge in [-0.05, 0) is 37.3 Å². The van der Waals surface area contributed by atoms with Gasteiger partial charge in [0.15, 0.2) is 0 Å². The molecule has 0 spiro atoms. The minimum Gasteiger partial charge on any atom is -0.468 e. The first kappa shape index (κ1) is 14.2. The summed E-state index contributed by atoms with van der Waals surface area (Å²) in [7, 11) is 1.44. The maximum atomic E-state index is 12.1. The van der Waals surface area contributed by atoms with Gasteiger partial charge < -0.3 is 21.1 Å². The summed E-state index contributed by atoms with van der Waals surface area (Å²) in [6.45, 7) is 1.78. The highest BCUT2D eigenvalue weighted by molar-refractivity contribution is 5.90. The molecule has 1 aromatic carbocycles. The quantitative estimate of drug-likeness (QED) is 0.649. The van der Waals surface area contributed by atoms with Crippen LogP contribution >= 0.6 is 0 Å². The number of nitrogens with two attached hydrogens (primary N) is 2. The Labute approximate surface area is 125 Å². The van der Waals surface area contributed by atoms with E-state index in [9.17, 15) is 4.79 Å². The lowest BCUT2D eigenvalue weighted by Gasteiger charge is -2.34. The molecule has 0 amide bonds. The van der Waals surface area contributed by atoms with Crippen molar-refractivity contribution in [3.8, 4) is 0 Å². The van der Waals surface area contributed by atoms with Gasteiger partial charge in [-0.15, -0.1) is 0 Å². The fourth-order valence-corrected chi connectivity index (χ4v) is 3.38. The molecule has 0 aromatic heterocycles. The number of para-hydroxylation sites is 1. The lowest BCUT2D eigenvalue weighted by atomic mass is 9.93. The molecule has 1 atom stereocenters. The Kier molecular flexibility index (Phi) is 3.53. The summed E-state index contributed by atoms with van der Waals surface area (Å²) in [5, 5.41) is 0. The molecule has 2 fully saturated rings. The third-order valence-electron chi connectivity index (χ3n) is 4.72. The number of nitrogens with zero attached hydrogens (tertiary/aromatic N) is 1. The van der Waals surface area contributed by atoms with Crippen molar-refractivity contribution in [1.29, 1.82) is 0 Å². The minimum atomic E-state index is -0.521. The molecule has 1 saturated carbocycles. The Morgan fingerprint density at radius 2 is 2.19 bits per heavy atom. The zero-order chi connectivity index (χ0) is 15.0. The summed E-state index contributed by atoms with van der Waals surface area (Å²) in [5.74, 6) is -0.179. The van der Waals surface area contributed by atoms with Crippen molar-refractivity contribution in [3.63, 3.8) is 0 Å². The fourth-order valence-electron chi connectivity index (χ4n) is 3.38. The third kappa shape index (κ3) is 2.35. The number of rotatable bonds is 3. The van der Waals surface area contributed by atoms with Crippen LogP contribution in [-0.2, 0) is 14.9 Å². The molecule has 0 unspecified atom stereocenters. The van der Waals surface area contributed by atoms with Crippen molar-refractivity contribution < 1.29 is 9.53 Å². The van der Waals surface area contributed by atoms with E-state index in [-0.39, 0.29) is 12.0 Å². The molecule has 0 bridgehead atoms. The Balaban J connectivity index is 1.94. The second kappa shape index (κ2) is 5.22. The zero-order valence-electron chi connectivity index (χ0n) is 12.5. The largest absolute Gasteiger partial charge is 0.468 e. The first-order valence-electron chi connectivity index (χ1n) is 7.56. The van der Waals surface area contributed by atoms with E-state index in [0.717, 1.165) is 50.0 Å². The van der Waals surface area contributed by atoms with Crippen LogP contribution in [-0.4, -0.2) is 32.2 Å². The van der Waals surface area contributed by atoms with Gasteiger partial charge >= 0.3 is 5.97 Å². The van der Waals surface area contributed by atoms with E-state index in [2.05, 4.69) is 4.90 Å². The second-order valence-electron chi connectivity index (χ2n) is 6.16. The number of hydrogen-bond acceptors (Lipinski definition) is 5. The van der Waals surface area contributed by atoms with Gasteiger partial charge in [-0.3, -0.25) is 4.79 Å². The van der Waals surface area contributed by atoms with E-state index in [4.69, 9.17) is 16.2 Å². The van der Waals surface area contributed by atoms with Crippen LogP contribution in [0.15, 0.2) is 18.2 Å². The molecule has 2 aliphatic rings. The summed E-state index contributed by atoms with van der Waals surface area (Å²) in [6, 6.07) is 6.14. The van der Waals surface area contributed by atoms with Crippen LogP contribution in [0.25, 0.3) is 0 Å². The standard InChI is InChI=1S/C16H23N3O2/c1-21-15(20)16(7-8-16)12-5-2-6-13(14(12)18)19-9-3-4-11(17)10-19/h2,5-6,11H,3-4,7-10,17-18H2,1H3/t11-/m1/s1. The van der Waals surface area contributed by atoms with Crippen molar-refractivity contribution in [2.24, 2.45) is 5.73 Å². The summed E-state index contributed by atoms with van der Waals surface area (Å²) in [6.07, 6.45) is 3.76. The number of ether oxygens (including phenoxy) is 1. The minimum absolute atomic E-state index is 0.179. The molecular formula is C16H23N3O2. The molecule has 0 radical (unpaired) electrons. The van der Waals surface area contributed by atoms with Gasteiger partial charge in [0.05, 0.1) is 23.9 Å². The molecule has 1 aromatic rings. The van der Waals surface area contributed by atoms with Gasteiger partial charge in [-0.2, -0.15) is 0 Å². The molecular weight excluding hydrogens is 266 g/mol. The molecule has 1 aliphatic heterocycles. The molecule has 5 nitrogen and oxygen atoms in total. The Morgan fingerprint density at radius 1 is 1.43 bits per heavy atom. The second-order valence-corrected chi connectivity index (χ2v) is 6.16. The van der Waals surface area contributed by atoms with Crippen LogP contribution in [0.4, 0.5) is 11.4 Å². The molecule has 114 valence electrons. The number of esters is 1. The van der Waals surface area contributed by atoms with E-state index in [0.29, 0.717) is 5.69 Å². The molecule has 3 rings (SSSR count). The van der Waals surface area contributed by atoms with Crippen LogP contribution in [0.5, 0.6) is 0 Å². The zero-order valence-corrected chi connectivity index (χ0v) is 12.5. The monoisotopic (exact) mass is 289 g/mol. The van der Waals surface area contributed by atoms with Crippen molar-refractivity contribution >= 4 is 17.3 Å². The summed E-state index contributed by atoms with van der Waals surface area (Å²) < 4.78 is 4.96. The van der Waals surface area contributed by atoms with Crippen molar-refractivity contribution in [3.05, 3.63) is 23.8 Å². The summed E-state index contributed by atoms with van der Waals surface area (Å²) in [4.78, 5) is 14.3. The smallest absolute Gasteiger partial charge is 0.316 e. The number of piperidine rings is 1. The molecule has 1 heterocycles. The van der Waals surface area contributed by atoms with Gasteiger partial charge in [0, 0.05) is 19.1 Å². The predicted molar refractivity (Wildman–Crippen MR) is 83.2 cm³/mol. The average molecular weight is 289 g/mol. The van der Waals surface area contributed by atoms with Crippen LogP contribution in [0, 0.1) is 0 Å². The van der Waals surface area contributed by atoms with Crippen LogP contribution in [0.2, 0.25) is 0 Å². The molecule has 1 saturated heterocycles. The summed E-state index contributed by atoms with van der Waals surface area (Å²) in [5.41, 5.74) is 14.5. The van der Waals surface area contributed by atoms with Gasteiger partial charge in [-0.25, -0.2) is 0 Å². The van der Waals surface area contributed by atoms with E-state index < -0.39 is 5.41 Å². The van der Waals surface area contributed by atoms with Crippen LogP contribution < -0.4 is 16.4 Å². The normalized spacial score (nSPS) is 23.7. The topological polar surface area (TPSA) is 81.6 Å². The number of carbonyl (C=O) groups excluding carboxylic acids is 1. The predicted octanol–water partition coefficient (Wildman–Crippen LogP) is 1.40. The highest BCUT2D eigenvalue weighted by Crippen LogP contribution is 2.52. The maximum Gasteiger partial charge on any atom is 0.316 e. The van der Waals surface area contributed by atoms with E-state index in [1.165, 1.54) is 7.11 Å². The SMILES string of the molecule is COC(=O)C1(c2cccc(N3CCC[C@@H](N)C3)c2N)CC1. The van der Waals surface area contributed by atoms with E-state index in [1.807, 2.05) is 18.2 Å². The lowest BCUT2D eigenvalue weighted by molar-refractivity contribution is -0.143. The highest BCUT2D eigenvalue weighted by Gasteiger charge is 2.53. The number of carbonyl (C=O) groups is 1. The van der Waals surface area contributed by atoms with Crippen LogP contribution in [0.3, 0.4) is 0 Å². The number of methoxy groups -OCH3 is 1. The Morgan fingerprint density at radius 3 is 2.81 bits per heavy atom. The Hall–Kier alpha value is -1.75. The maximum absolute atomic E-state index is 12.1. The van der Waals surface area contributed by atoms with Crippen molar-refractivity contribution in [2.45, 2.75) is 37.1 Å². The van der Waals surface area contributed by atoms with E-state index >= 15 is 0 Å². The van der Waals surface area contributed by atoms with E-state index in [1.54, 1.807) is 0 Å². The molecule has 5 heteroatoms. The number of benzene rings is 1. The molecule has 21 heavy (non-hydrogen) atoms. The fraction of sp³-hybridized carbons (Fsp3) is 0.562. The first-order valence-corrected chi connectivity index (χ1v) is 7.56. The van der Waals surface area contributed by atoms with Gasteiger partial charge in [-0.1, -0.05) is 12.1 Å². The summed E-state index contributed by atoms with van der Waals surface area (Å²) >= 11 is 0. The number of nitrogen functional groups attached to an aromatic ring is 1. The number of anilines is 2. The first-order chi connectivity index (χ1) is 10.1.